The number of rotatable bonds is 7. The van der Waals surface area contributed by atoms with Crippen LogP contribution in [0.4, 0.5) is 0 Å². The first kappa shape index (κ1) is 17.1. The molecule has 1 unspecified atom stereocenters. The van der Waals surface area contributed by atoms with Gasteiger partial charge in [-0.2, -0.15) is 0 Å². The Morgan fingerprint density at radius 1 is 0.875 bits per heavy atom. The molecule has 24 heavy (non-hydrogen) atoms. The molecule has 1 atom stereocenters. The van der Waals surface area contributed by atoms with Gasteiger partial charge >= 0.3 is 0 Å². The molecule has 0 spiro atoms. The fourth-order valence-electron chi connectivity index (χ4n) is 2.93. The Morgan fingerprint density at radius 2 is 1.50 bits per heavy atom. The second-order valence-electron chi connectivity index (χ2n) is 6.12. The number of imidazole rings is 1. The van der Waals surface area contributed by atoms with Crippen molar-refractivity contribution in [3.8, 4) is 0 Å². The average Bonchev–Trinajstić information content (AvgIpc) is 3.09. The number of benzene rings is 2. The zero-order valence-electron chi connectivity index (χ0n) is 13.4. The highest BCUT2D eigenvalue weighted by atomic mass is 35.5. The van der Waals surface area contributed by atoms with Gasteiger partial charge in [-0.1, -0.05) is 47.5 Å². The maximum atomic E-state index is 5.99. The van der Waals surface area contributed by atoms with Crippen LogP contribution < -0.4 is 0 Å². The van der Waals surface area contributed by atoms with Crippen LogP contribution >= 0.6 is 23.2 Å². The predicted molar refractivity (Wildman–Crippen MR) is 101 cm³/mol. The molecule has 0 bridgehead atoms. The molecule has 0 amide bonds. The van der Waals surface area contributed by atoms with Crippen molar-refractivity contribution < 1.29 is 0 Å². The van der Waals surface area contributed by atoms with Crippen molar-refractivity contribution in [1.82, 2.24) is 9.55 Å². The van der Waals surface area contributed by atoms with Gasteiger partial charge in [0.05, 0.1) is 6.33 Å². The van der Waals surface area contributed by atoms with Crippen LogP contribution in [0.1, 0.15) is 17.5 Å². The quantitative estimate of drug-likeness (QED) is 0.531. The van der Waals surface area contributed by atoms with Gasteiger partial charge < -0.3 is 4.57 Å². The fraction of sp³-hybridized carbons (Fsp3) is 0.250. The Morgan fingerprint density at radius 3 is 2.08 bits per heavy atom. The molecule has 0 N–H and O–H groups in total. The van der Waals surface area contributed by atoms with Gasteiger partial charge in [-0.3, -0.25) is 0 Å². The summed E-state index contributed by atoms with van der Waals surface area (Å²) in [5, 5.41) is 1.57. The van der Waals surface area contributed by atoms with E-state index in [1.165, 1.54) is 11.1 Å². The van der Waals surface area contributed by atoms with E-state index >= 15 is 0 Å². The molecule has 1 aromatic heterocycles. The second kappa shape index (κ2) is 8.36. The standard InChI is InChI=1S/C20H20Cl2N2/c21-19-7-3-16(4-8-19)1-2-18(14-24-12-11-23-15-24)13-17-5-9-20(22)10-6-17/h3-12,15,18H,1-2,13-14H2. The Labute approximate surface area is 153 Å². The first-order chi connectivity index (χ1) is 11.7. The maximum absolute atomic E-state index is 5.99. The van der Waals surface area contributed by atoms with Crippen molar-refractivity contribution in [2.24, 2.45) is 5.92 Å². The van der Waals surface area contributed by atoms with Gasteiger partial charge in [0, 0.05) is 29.0 Å². The van der Waals surface area contributed by atoms with E-state index in [9.17, 15) is 0 Å². The normalized spacial score (nSPS) is 12.2. The van der Waals surface area contributed by atoms with Crippen LogP contribution in [-0.4, -0.2) is 9.55 Å². The molecule has 0 saturated heterocycles. The minimum atomic E-state index is 0.538. The molecular weight excluding hydrogens is 339 g/mol. The van der Waals surface area contributed by atoms with Crippen LogP contribution in [0.3, 0.4) is 0 Å². The number of hydrogen-bond acceptors (Lipinski definition) is 1. The Bertz CT molecular complexity index is 734. The molecule has 0 aliphatic carbocycles. The number of halogens is 2. The van der Waals surface area contributed by atoms with E-state index in [2.05, 4.69) is 33.8 Å². The highest BCUT2D eigenvalue weighted by Gasteiger charge is 2.11. The lowest BCUT2D eigenvalue weighted by Crippen LogP contribution is -2.14. The lowest BCUT2D eigenvalue weighted by molar-refractivity contribution is 0.412. The largest absolute Gasteiger partial charge is 0.337 e. The number of aromatic nitrogens is 2. The van der Waals surface area contributed by atoms with Crippen LogP contribution in [0.25, 0.3) is 0 Å². The van der Waals surface area contributed by atoms with E-state index in [0.29, 0.717) is 5.92 Å². The lowest BCUT2D eigenvalue weighted by atomic mass is 9.92. The summed E-state index contributed by atoms with van der Waals surface area (Å²) in [6, 6.07) is 16.3. The monoisotopic (exact) mass is 358 g/mol. The number of nitrogens with zero attached hydrogens (tertiary/aromatic N) is 2. The van der Waals surface area contributed by atoms with E-state index in [4.69, 9.17) is 23.2 Å². The van der Waals surface area contributed by atoms with Gasteiger partial charge in [-0.25, -0.2) is 4.98 Å². The van der Waals surface area contributed by atoms with Gasteiger partial charge in [0.15, 0.2) is 0 Å². The molecule has 2 nitrogen and oxygen atoms in total. The smallest absolute Gasteiger partial charge is 0.0945 e. The van der Waals surface area contributed by atoms with Gasteiger partial charge in [0.25, 0.3) is 0 Å². The molecule has 2 aromatic carbocycles. The maximum Gasteiger partial charge on any atom is 0.0945 e. The third-order valence-electron chi connectivity index (χ3n) is 4.22. The van der Waals surface area contributed by atoms with Crippen LogP contribution in [-0.2, 0) is 19.4 Å². The Kier molecular flexibility index (Phi) is 5.95. The summed E-state index contributed by atoms with van der Waals surface area (Å²) >= 11 is 12.0. The summed E-state index contributed by atoms with van der Waals surface area (Å²) in [6.07, 6.45) is 8.93. The van der Waals surface area contributed by atoms with E-state index in [0.717, 1.165) is 35.9 Å². The topological polar surface area (TPSA) is 17.8 Å². The SMILES string of the molecule is Clc1ccc(CCC(Cc2ccc(Cl)cc2)Cn2ccnc2)cc1. The van der Waals surface area contributed by atoms with Crippen molar-refractivity contribution in [3.05, 3.63) is 88.4 Å². The van der Waals surface area contributed by atoms with Crippen molar-refractivity contribution in [3.63, 3.8) is 0 Å². The molecule has 124 valence electrons. The summed E-state index contributed by atoms with van der Waals surface area (Å²) in [5.41, 5.74) is 2.65. The van der Waals surface area contributed by atoms with Crippen molar-refractivity contribution in [2.45, 2.75) is 25.8 Å². The first-order valence-corrected chi connectivity index (χ1v) is 8.89. The van der Waals surface area contributed by atoms with E-state index in [1.54, 1.807) is 0 Å². The Balaban J connectivity index is 1.66. The van der Waals surface area contributed by atoms with Crippen LogP contribution in [0.2, 0.25) is 10.0 Å². The average molecular weight is 359 g/mol. The minimum absolute atomic E-state index is 0.538. The molecular formula is C20H20Cl2N2. The number of hydrogen-bond donors (Lipinski definition) is 0. The third-order valence-corrected chi connectivity index (χ3v) is 4.72. The van der Waals surface area contributed by atoms with Gasteiger partial charge in [-0.05, 0) is 60.6 Å². The summed E-state index contributed by atoms with van der Waals surface area (Å²) in [6.45, 7) is 0.968. The highest BCUT2D eigenvalue weighted by molar-refractivity contribution is 6.30. The first-order valence-electron chi connectivity index (χ1n) is 8.13. The van der Waals surface area contributed by atoms with Crippen LogP contribution in [0.5, 0.6) is 0 Å². The zero-order valence-corrected chi connectivity index (χ0v) is 14.9. The molecule has 0 aliphatic heterocycles. The fourth-order valence-corrected chi connectivity index (χ4v) is 3.18. The molecule has 4 heteroatoms. The molecule has 0 aliphatic rings. The molecule has 3 aromatic rings. The third kappa shape index (κ3) is 5.12. The van der Waals surface area contributed by atoms with Gasteiger partial charge in [0.2, 0.25) is 0 Å². The van der Waals surface area contributed by atoms with E-state index in [-0.39, 0.29) is 0 Å². The molecule has 3 rings (SSSR count). The van der Waals surface area contributed by atoms with Crippen molar-refractivity contribution in [1.29, 1.82) is 0 Å². The van der Waals surface area contributed by atoms with Crippen molar-refractivity contribution in [2.75, 3.05) is 0 Å². The van der Waals surface area contributed by atoms with E-state index < -0.39 is 0 Å². The second-order valence-corrected chi connectivity index (χ2v) is 6.99. The molecule has 0 fully saturated rings. The summed E-state index contributed by atoms with van der Waals surface area (Å²) < 4.78 is 2.16. The molecule has 1 heterocycles. The van der Waals surface area contributed by atoms with E-state index in [1.807, 2.05) is 43.0 Å². The van der Waals surface area contributed by atoms with Crippen LogP contribution in [0.15, 0.2) is 67.3 Å². The predicted octanol–water partition coefficient (Wildman–Crippen LogP) is 5.68. The summed E-state index contributed by atoms with van der Waals surface area (Å²) in [7, 11) is 0. The van der Waals surface area contributed by atoms with Gasteiger partial charge in [0.1, 0.15) is 0 Å². The minimum Gasteiger partial charge on any atom is -0.337 e. The highest BCUT2D eigenvalue weighted by Crippen LogP contribution is 2.20. The van der Waals surface area contributed by atoms with Gasteiger partial charge in [-0.15, -0.1) is 0 Å². The van der Waals surface area contributed by atoms with Crippen molar-refractivity contribution >= 4 is 23.2 Å². The lowest BCUT2D eigenvalue weighted by Gasteiger charge is -2.18. The molecule has 0 saturated carbocycles. The summed E-state index contributed by atoms with van der Waals surface area (Å²) in [5.74, 6) is 0.538. The zero-order chi connectivity index (χ0) is 16.8. The Hall–Kier alpha value is -1.77. The summed E-state index contributed by atoms with van der Waals surface area (Å²) in [4.78, 5) is 4.15. The number of aryl methyl sites for hydroxylation is 1. The molecule has 0 radical (unpaired) electrons. The van der Waals surface area contributed by atoms with Crippen LogP contribution in [0, 0.1) is 5.92 Å².